The summed E-state index contributed by atoms with van der Waals surface area (Å²) >= 11 is 1.86. The summed E-state index contributed by atoms with van der Waals surface area (Å²) in [6.07, 6.45) is 0. The van der Waals surface area contributed by atoms with E-state index in [1.54, 1.807) is 4.68 Å². The number of carbonyl (C=O) groups excluding carboxylic acids is 1. The van der Waals surface area contributed by atoms with Crippen LogP contribution in [0.25, 0.3) is 0 Å². The van der Waals surface area contributed by atoms with E-state index in [-0.39, 0.29) is 11.9 Å². The smallest absolute Gasteiger partial charge is 0.272 e. The summed E-state index contributed by atoms with van der Waals surface area (Å²) < 4.78 is 7.55. The highest BCUT2D eigenvalue weighted by Gasteiger charge is 2.32. The number of nitrogens with zero attached hydrogens (tertiary/aromatic N) is 3. The summed E-state index contributed by atoms with van der Waals surface area (Å²) in [5, 5.41) is 4.39. The minimum absolute atomic E-state index is 0.000428. The first-order valence-electron chi connectivity index (χ1n) is 7.59. The fourth-order valence-corrected chi connectivity index (χ4v) is 3.88. The second-order valence-corrected chi connectivity index (χ2v) is 6.67. The van der Waals surface area contributed by atoms with Gasteiger partial charge in [-0.2, -0.15) is 16.9 Å². The van der Waals surface area contributed by atoms with Crippen LogP contribution in [-0.2, 0) is 6.54 Å². The van der Waals surface area contributed by atoms with Gasteiger partial charge < -0.3 is 9.32 Å². The number of rotatable bonds is 3. The molecule has 1 fully saturated rings. The number of furan rings is 1. The van der Waals surface area contributed by atoms with Crippen LogP contribution in [0.5, 0.6) is 0 Å². The van der Waals surface area contributed by atoms with Crippen LogP contribution in [0.3, 0.4) is 0 Å². The van der Waals surface area contributed by atoms with Gasteiger partial charge in [0.2, 0.25) is 0 Å². The number of aromatic nitrogens is 2. The third-order valence-corrected chi connectivity index (χ3v) is 4.92. The van der Waals surface area contributed by atoms with Gasteiger partial charge >= 0.3 is 0 Å². The first-order valence-corrected chi connectivity index (χ1v) is 8.75. The molecular weight excluding hydrogens is 298 g/mol. The molecule has 22 heavy (non-hydrogen) atoms. The highest BCUT2D eigenvalue weighted by molar-refractivity contribution is 7.99. The molecule has 1 saturated heterocycles. The van der Waals surface area contributed by atoms with E-state index < -0.39 is 0 Å². The van der Waals surface area contributed by atoms with Crippen molar-refractivity contribution in [2.24, 2.45) is 0 Å². The Bertz CT molecular complexity index is 677. The third-order valence-electron chi connectivity index (χ3n) is 3.90. The van der Waals surface area contributed by atoms with E-state index in [4.69, 9.17) is 4.42 Å². The van der Waals surface area contributed by atoms with Gasteiger partial charge in [-0.25, -0.2) is 0 Å². The van der Waals surface area contributed by atoms with Gasteiger partial charge in [-0.15, -0.1) is 0 Å². The largest absolute Gasteiger partial charge is 0.464 e. The van der Waals surface area contributed by atoms with E-state index in [1.165, 1.54) is 0 Å². The van der Waals surface area contributed by atoms with Gasteiger partial charge in [0.25, 0.3) is 5.91 Å². The van der Waals surface area contributed by atoms with Crippen molar-refractivity contribution in [2.45, 2.75) is 33.4 Å². The minimum Gasteiger partial charge on any atom is -0.464 e. The summed E-state index contributed by atoms with van der Waals surface area (Å²) in [5.41, 5.74) is 1.54. The third kappa shape index (κ3) is 2.79. The van der Waals surface area contributed by atoms with E-state index in [9.17, 15) is 4.79 Å². The molecule has 0 N–H and O–H groups in total. The normalized spacial score (nSPS) is 18.7. The molecule has 0 radical (unpaired) electrons. The highest BCUT2D eigenvalue weighted by atomic mass is 32.2. The van der Waals surface area contributed by atoms with E-state index in [2.05, 4.69) is 5.10 Å². The van der Waals surface area contributed by atoms with Crippen molar-refractivity contribution in [3.8, 4) is 0 Å². The van der Waals surface area contributed by atoms with E-state index in [0.717, 1.165) is 35.3 Å². The molecule has 5 nitrogen and oxygen atoms in total. The van der Waals surface area contributed by atoms with Gasteiger partial charge in [-0.3, -0.25) is 9.48 Å². The Labute approximate surface area is 134 Å². The van der Waals surface area contributed by atoms with Gasteiger partial charge in [-0.1, -0.05) is 0 Å². The Morgan fingerprint density at radius 3 is 2.95 bits per heavy atom. The van der Waals surface area contributed by atoms with Gasteiger partial charge in [0.15, 0.2) is 0 Å². The molecule has 0 spiro atoms. The molecule has 0 aliphatic carbocycles. The predicted octanol–water partition coefficient (Wildman–Crippen LogP) is 3.04. The molecule has 118 valence electrons. The average molecular weight is 319 g/mol. The molecule has 2 aromatic heterocycles. The van der Waals surface area contributed by atoms with Crippen molar-refractivity contribution in [1.82, 2.24) is 14.7 Å². The van der Waals surface area contributed by atoms with Crippen LogP contribution in [0.2, 0.25) is 0 Å². The molecule has 0 aromatic carbocycles. The van der Waals surface area contributed by atoms with Crippen LogP contribution in [0.15, 0.2) is 22.6 Å². The zero-order chi connectivity index (χ0) is 15.7. The number of amides is 1. The fourth-order valence-electron chi connectivity index (χ4n) is 2.82. The van der Waals surface area contributed by atoms with Crippen molar-refractivity contribution in [3.05, 3.63) is 41.1 Å². The molecule has 3 rings (SSSR count). The summed E-state index contributed by atoms with van der Waals surface area (Å²) in [4.78, 5) is 14.9. The SMILES string of the molecule is CCn1nc(C)cc1C(=O)N1CCSC[C@@H]1c1ccc(C)o1. The van der Waals surface area contributed by atoms with E-state index in [1.807, 2.05) is 55.6 Å². The summed E-state index contributed by atoms with van der Waals surface area (Å²) in [7, 11) is 0. The molecular formula is C16H21N3O2S. The molecule has 0 saturated carbocycles. The maximum atomic E-state index is 13.0. The molecule has 1 aliphatic heterocycles. The van der Waals surface area contributed by atoms with E-state index >= 15 is 0 Å². The first kappa shape index (κ1) is 15.2. The molecule has 0 bridgehead atoms. The number of carbonyl (C=O) groups is 1. The molecule has 2 aromatic rings. The zero-order valence-corrected chi connectivity index (χ0v) is 14.0. The lowest BCUT2D eigenvalue weighted by Gasteiger charge is -2.34. The van der Waals surface area contributed by atoms with Crippen LogP contribution >= 0.6 is 11.8 Å². The Balaban J connectivity index is 1.91. The van der Waals surface area contributed by atoms with E-state index in [0.29, 0.717) is 12.2 Å². The quantitative estimate of drug-likeness (QED) is 0.872. The lowest BCUT2D eigenvalue weighted by atomic mass is 10.2. The summed E-state index contributed by atoms with van der Waals surface area (Å²) in [5.74, 6) is 3.63. The summed E-state index contributed by atoms with van der Waals surface area (Å²) in [6.45, 7) is 7.29. The van der Waals surface area contributed by atoms with Crippen molar-refractivity contribution >= 4 is 17.7 Å². The second kappa shape index (κ2) is 6.20. The Kier molecular flexibility index (Phi) is 4.29. The van der Waals surface area contributed by atoms with Gasteiger partial charge in [0, 0.05) is 24.6 Å². The van der Waals surface area contributed by atoms with Crippen molar-refractivity contribution < 1.29 is 9.21 Å². The Hall–Kier alpha value is -1.69. The van der Waals surface area contributed by atoms with Gasteiger partial charge in [0.1, 0.15) is 17.2 Å². The number of hydrogen-bond donors (Lipinski definition) is 0. The van der Waals surface area contributed by atoms with Crippen molar-refractivity contribution in [2.75, 3.05) is 18.1 Å². The van der Waals surface area contributed by atoms with Crippen LogP contribution in [0, 0.1) is 13.8 Å². The second-order valence-electron chi connectivity index (χ2n) is 5.52. The maximum absolute atomic E-state index is 13.0. The lowest BCUT2D eigenvalue weighted by Crippen LogP contribution is -2.41. The van der Waals surface area contributed by atoms with Crippen LogP contribution in [0.1, 0.15) is 40.7 Å². The molecule has 1 amide bonds. The summed E-state index contributed by atoms with van der Waals surface area (Å²) in [6, 6.07) is 5.81. The Morgan fingerprint density at radius 1 is 1.45 bits per heavy atom. The standard InChI is InChI=1S/C16H21N3O2S/c1-4-19-13(9-11(2)17-19)16(20)18-7-8-22-10-14(18)15-6-5-12(3)21-15/h5-6,9,14H,4,7-8,10H2,1-3H3/t14-/m1/s1. The number of hydrogen-bond acceptors (Lipinski definition) is 4. The van der Waals surface area contributed by atoms with Crippen LogP contribution in [0.4, 0.5) is 0 Å². The average Bonchev–Trinajstić information content (AvgIpc) is 3.12. The van der Waals surface area contributed by atoms with Crippen molar-refractivity contribution in [1.29, 1.82) is 0 Å². The van der Waals surface area contributed by atoms with Crippen molar-refractivity contribution in [3.63, 3.8) is 0 Å². The molecule has 1 aliphatic rings. The van der Waals surface area contributed by atoms with Gasteiger partial charge in [0.05, 0.1) is 11.7 Å². The zero-order valence-electron chi connectivity index (χ0n) is 13.2. The molecule has 3 heterocycles. The molecule has 1 atom stereocenters. The number of thioether (sulfide) groups is 1. The molecule has 6 heteroatoms. The minimum atomic E-state index is 0.000428. The maximum Gasteiger partial charge on any atom is 0.272 e. The number of aryl methyl sites for hydroxylation is 3. The Morgan fingerprint density at radius 2 is 2.27 bits per heavy atom. The molecule has 0 unspecified atom stereocenters. The topological polar surface area (TPSA) is 51.3 Å². The first-order chi connectivity index (χ1) is 10.6. The lowest BCUT2D eigenvalue weighted by molar-refractivity contribution is 0.0668. The fraction of sp³-hybridized carbons (Fsp3) is 0.500. The van der Waals surface area contributed by atoms with Crippen LogP contribution in [-0.4, -0.2) is 38.6 Å². The van der Waals surface area contributed by atoms with Crippen LogP contribution < -0.4 is 0 Å². The van der Waals surface area contributed by atoms with Gasteiger partial charge in [-0.05, 0) is 39.0 Å². The highest BCUT2D eigenvalue weighted by Crippen LogP contribution is 2.31. The monoisotopic (exact) mass is 319 g/mol. The predicted molar refractivity (Wildman–Crippen MR) is 87.2 cm³/mol.